The summed E-state index contributed by atoms with van der Waals surface area (Å²) in [7, 11) is -3.67. The number of nitrogens with zero attached hydrogens (tertiary/aromatic N) is 1. The van der Waals surface area contributed by atoms with Crippen LogP contribution in [-0.2, 0) is 10.0 Å². The summed E-state index contributed by atoms with van der Waals surface area (Å²) in [6, 6.07) is 20.1. The third-order valence-electron chi connectivity index (χ3n) is 3.95. The predicted octanol–water partition coefficient (Wildman–Crippen LogP) is 4.45. The molecule has 0 saturated heterocycles. The van der Waals surface area contributed by atoms with Gasteiger partial charge in [-0.2, -0.15) is 8.42 Å². The quantitative estimate of drug-likeness (QED) is 0.544. The first-order chi connectivity index (χ1) is 12.1. The Morgan fingerprint density at radius 2 is 1.50 bits per heavy atom. The second-order valence-electron chi connectivity index (χ2n) is 5.64. The number of aromatic nitrogens is 2. The number of pyridine rings is 1. The molecule has 0 spiro atoms. The lowest BCUT2D eigenvalue weighted by Crippen LogP contribution is -2.13. The molecule has 4 rings (SSSR count). The molecule has 0 unspecified atom stereocenters. The Kier molecular flexibility index (Phi) is 4.97. The zero-order chi connectivity index (χ0) is 17.3. The van der Waals surface area contributed by atoms with Crippen LogP contribution in [0.25, 0.3) is 22.0 Å². The van der Waals surface area contributed by atoms with Crippen LogP contribution in [0.3, 0.4) is 0 Å². The van der Waals surface area contributed by atoms with Gasteiger partial charge in [0.15, 0.2) is 5.03 Å². The van der Waals surface area contributed by atoms with Crippen molar-refractivity contribution in [2.45, 2.75) is 5.03 Å². The first-order valence-electron chi connectivity index (χ1n) is 7.73. The number of para-hydroxylation sites is 1. The lowest BCUT2D eigenvalue weighted by molar-refractivity contribution is 0.598. The van der Waals surface area contributed by atoms with Gasteiger partial charge in [0, 0.05) is 29.0 Å². The highest BCUT2D eigenvalue weighted by molar-refractivity contribution is 7.92. The Hall–Kier alpha value is -2.83. The highest BCUT2D eigenvalue weighted by atomic mass is 35.5. The summed E-state index contributed by atoms with van der Waals surface area (Å²) < 4.78 is 27.8. The molecule has 5 nitrogen and oxygen atoms in total. The number of H-pyrrole nitrogens is 1. The molecule has 0 fully saturated rings. The minimum atomic E-state index is -3.67. The van der Waals surface area contributed by atoms with E-state index in [-0.39, 0.29) is 17.4 Å². The zero-order valence-electron chi connectivity index (χ0n) is 13.6. The van der Waals surface area contributed by atoms with Crippen LogP contribution >= 0.6 is 12.4 Å². The molecule has 0 aliphatic heterocycles. The fraction of sp³-hybridized carbons (Fsp3) is 0. The molecule has 2 heterocycles. The van der Waals surface area contributed by atoms with Gasteiger partial charge >= 0.3 is 0 Å². The van der Waals surface area contributed by atoms with Crippen molar-refractivity contribution in [2.24, 2.45) is 0 Å². The number of rotatable bonds is 4. The molecule has 2 N–H and O–H groups in total. The normalized spacial score (nSPS) is 11.1. The summed E-state index contributed by atoms with van der Waals surface area (Å²) in [6.45, 7) is 0. The van der Waals surface area contributed by atoms with Gasteiger partial charge in [0.2, 0.25) is 0 Å². The summed E-state index contributed by atoms with van der Waals surface area (Å²) in [4.78, 5) is 6.93. The summed E-state index contributed by atoms with van der Waals surface area (Å²) in [5, 5.41) is 1.00. The van der Waals surface area contributed by atoms with Gasteiger partial charge in [0.1, 0.15) is 0 Å². The number of fused-ring (bicyclic) bond motifs is 1. The number of aromatic amines is 1. The van der Waals surface area contributed by atoms with E-state index in [4.69, 9.17) is 0 Å². The second kappa shape index (κ2) is 7.19. The van der Waals surface area contributed by atoms with Crippen LogP contribution in [0.5, 0.6) is 0 Å². The van der Waals surface area contributed by atoms with Gasteiger partial charge in [0.05, 0.1) is 0 Å². The van der Waals surface area contributed by atoms with Crippen molar-refractivity contribution < 1.29 is 8.42 Å². The van der Waals surface area contributed by atoms with Gasteiger partial charge in [-0.25, -0.2) is 0 Å². The topological polar surface area (TPSA) is 74.8 Å². The first kappa shape index (κ1) is 18.0. The number of anilines is 1. The highest BCUT2D eigenvalue weighted by Crippen LogP contribution is 2.23. The molecule has 0 radical (unpaired) electrons. The number of hydrogen-bond acceptors (Lipinski definition) is 3. The fourth-order valence-corrected chi connectivity index (χ4v) is 3.76. The molecule has 7 heteroatoms. The van der Waals surface area contributed by atoms with Crippen molar-refractivity contribution in [1.82, 2.24) is 9.97 Å². The third-order valence-corrected chi connectivity index (χ3v) is 5.25. The maximum Gasteiger partial charge on any atom is 0.277 e. The maximum atomic E-state index is 12.6. The molecule has 0 atom stereocenters. The Bertz CT molecular complexity index is 1090. The molecule has 2 aromatic carbocycles. The van der Waals surface area contributed by atoms with Gasteiger partial charge in [0.25, 0.3) is 10.0 Å². The van der Waals surface area contributed by atoms with Gasteiger partial charge < -0.3 is 4.98 Å². The van der Waals surface area contributed by atoms with Crippen LogP contribution in [0.15, 0.2) is 84.1 Å². The van der Waals surface area contributed by atoms with E-state index in [1.807, 2.05) is 48.5 Å². The van der Waals surface area contributed by atoms with Crippen LogP contribution in [0.1, 0.15) is 0 Å². The molecule has 26 heavy (non-hydrogen) atoms. The average molecular weight is 386 g/mol. The zero-order valence-corrected chi connectivity index (χ0v) is 15.2. The smallest absolute Gasteiger partial charge is 0.277 e. The summed E-state index contributed by atoms with van der Waals surface area (Å²) >= 11 is 0. The summed E-state index contributed by atoms with van der Waals surface area (Å²) in [5.41, 5.74) is 3.32. The van der Waals surface area contributed by atoms with Crippen LogP contribution in [0.2, 0.25) is 0 Å². The Morgan fingerprint density at radius 1 is 0.846 bits per heavy atom. The number of benzene rings is 2. The molecule has 4 aromatic rings. The number of nitrogens with one attached hydrogen (secondary N) is 2. The Balaban J connectivity index is 0.00000196. The predicted molar refractivity (Wildman–Crippen MR) is 106 cm³/mol. The SMILES string of the molecule is Cl.O=S(=O)(Nc1ccc(-c2ccncc2)cc1)c1cc2ccccc2[nH]1. The second-order valence-corrected chi connectivity index (χ2v) is 7.29. The molecule has 0 saturated carbocycles. The number of hydrogen-bond donors (Lipinski definition) is 2. The fourth-order valence-electron chi connectivity index (χ4n) is 2.68. The van der Waals surface area contributed by atoms with E-state index >= 15 is 0 Å². The molecule has 2 aromatic heterocycles. The van der Waals surface area contributed by atoms with Crippen LogP contribution in [0, 0.1) is 0 Å². The minimum absolute atomic E-state index is 0. The lowest BCUT2D eigenvalue weighted by Gasteiger charge is -2.07. The molecule has 0 bridgehead atoms. The van der Waals surface area contributed by atoms with E-state index in [1.54, 1.807) is 30.6 Å². The third kappa shape index (κ3) is 3.56. The Morgan fingerprint density at radius 3 is 2.19 bits per heavy atom. The van der Waals surface area contributed by atoms with Gasteiger partial charge in [-0.3, -0.25) is 9.71 Å². The molecule has 132 valence electrons. The van der Waals surface area contributed by atoms with Crippen molar-refractivity contribution in [1.29, 1.82) is 0 Å². The van der Waals surface area contributed by atoms with E-state index < -0.39 is 10.0 Å². The average Bonchev–Trinajstić information content (AvgIpc) is 3.08. The molecule has 0 aliphatic carbocycles. The van der Waals surface area contributed by atoms with E-state index in [1.165, 1.54) is 0 Å². The highest BCUT2D eigenvalue weighted by Gasteiger charge is 2.17. The van der Waals surface area contributed by atoms with Gasteiger partial charge in [-0.1, -0.05) is 30.3 Å². The van der Waals surface area contributed by atoms with Gasteiger partial charge in [-0.15, -0.1) is 12.4 Å². The van der Waals surface area contributed by atoms with E-state index in [9.17, 15) is 8.42 Å². The maximum absolute atomic E-state index is 12.6. The van der Waals surface area contributed by atoms with Crippen molar-refractivity contribution >= 4 is 39.0 Å². The largest absolute Gasteiger partial charge is 0.344 e. The first-order valence-corrected chi connectivity index (χ1v) is 9.21. The molecule has 0 amide bonds. The van der Waals surface area contributed by atoms with Crippen LogP contribution < -0.4 is 4.72 Å². The monoisotopic (exact) mass is 385 g/mol. The van der Waals surface area contributed by atoms with Gasteiger partial charge in [-0.05, 0) is 47.5 Å². The van der Waals surface area contributed by atoms with E-state index in [0.29, 0.717) is 5.69 Å². The minimum Gasteiger partial charge on any atom is -0.344 e. The summed E-state index contributed by atoms with van der Waals surface area (Å²) in [6.07, 6.45) is 3.45. The van der Waals surface area contributed by atoms with Crippen molar-refractivity contribution in [2.75, 3.05) is 4.72 Å². The van der Waals surface area contributed by atoms with Crippen LogP contribution in [-0.4, -0.2) is 18.4 Å². The number of sulfonamides is 1. The number of halogens is 1. The molecular weight excluding hydrogens is 370 g/mol. The lowest BCUT2D eigenvalue weighted by atomic mass is 10.1. The van der Waals surface area contributed by atoms with Crippen molar-refractivity contribution in [3.05, 3.63) is 79.1 Å². The molecular formula is C19H16ClN3O2S. The summed E-state index contributed by atoms with van der Waals surface area (Å²) in [5.74, 6) is 0. The van der Waals surface area contributed by atoms with Crippen molar-refractivity contribution in [3.63, 3.8) is 0 Å². The molecule has 0 aliphatic rings. The van der Waals surface area contributed by atoms with E-state index in [0.717, 1.165) is 22.0 Å². The van der Waals surface area contributed by atoms with E-state index in [2.05, 4.69) is 14.7 Å². The van der Waals surface area contributed by atoms with Crippen molar-refractivity contribution in [3.8, 4) is 11.1 Å². The van der Waals surface area contributed by atoms with Crippen LogP contribution in [0.4, 0.5) is 5.69 Å². The Labute approximate surface area is 157 Å². The standard InChI is InChI=1S/C19H15N3O2S.ClH/c23-25(24,19-13-16-3-1-2-4-18(16)21-19)22-17-7-5-14(6-8-17)15-9-11-20-12-10-15;/h1-13,21-22H;1H.